The third-order valence-corrected chi connectivity index (χ3v) is 6.20. The molecular weight excluding hydrogens is 324 g/mol. The minimum atomic E-state index is -3.26. The molecule has 0 radical (unpaired) electrons. The molecule has 0 saturated heterocycles. The Kier molecular flexibility index (Phi) is 6.84. The first kappa shape index (κ1) is 18.9. The summed E-state index contributed by atoms with van der Waals surface area (Å²) in [5, 5.41) is 2.48. The lowest BCUT2D eigenvalue weighted by Gasteiger charge is -2.13. The van der Waals surface area contributed by atoms with Crippen LogP contribution in [0.4, 0.5) is 0 Å². The third kappa shape index (κ3) is 4.21. The minimum absolute atomic E-state index is 0. The number of benzene rings is 1. The summed E-state index contributed by atoms with van der Waals surface area (Å²) >= 11 is 0. The van der Waals surface area contributed by atoms with Gasteiger partial charge in [-0.1, -0.05) is 12.8 Å². The average Bonchev–Trinajstić information content (AvgIpc) is 3.02. The number of nitrogens with one attached hydrogen (secondary N) is 1. The number of amides is 1. The van der Waals surface area contributed by atoms with Crippen molar-refractivity contribution in [3.63, 3.8) is 0 Å². The molecule has 1 aromatic rings. The molecule has 1 atom stereocenters. The lowest BCUT2D eigenvalue weighted by atomic mass is 10.2. The molecule has 22 heavy (non-hydrogen) atoms. The lowest BCUT2D eigenvalue weighted by molar-refractivity contribution is 0.0941. The van der Waals surface area contributed by atoms with Crippen molar-refractivity contribution < 1.29 is 13.2 Å². The first-order valence-corrected chi connectivity index (χ1v) is 8.84. The number of sulfone groups is 1. The van der Waals surface area contributed by atoms with E-state index in [0.717, 1.165) is 25.7 Å². The molecule has 0 heterocycles. The van der Waals surface area contributed by atoms with E-state index in [1.165, 1.54) is 12.1 Å². The van der Waals surface area contributed by atoms with Gasteiger partial charge in [-0.15, -0.1) is 12.4 Å². The Labute approximate surface area is 138 Å². The average molecular weight is 347 g/mol. The fourth-order valence-corrected chi connectivity index (χ4v) is 4.41. The quantitative estimate of drug-likeness (QED) is 0.852. The molecular formula is C15H23ClN2O3S. The minimum Gasteiger partial charge on any atom is -0.348 e. The highest BCUT2D eigenvalue weighted by Gasteiger charge is 2.30. The highest BCUT2D eigenvalue weighted by molar-refractivity contribution is 7.92. The van der Waals surface area contributed by atoms with Crippen LogP contribution >= 0.6 is 12.4 Å². The van der Waals surface area contributed by atoms with Crippen LogP contribution < -0.4 is 11.1 Å². The first-order chi connectivity index (χ1) is 9.95. The Morgan fingerprint density at radius 1 is 1.27 bits per heavy atom. The molecule has 5 nitrogen and oxygen atoms in total. The Balaban J connectivity index is 0.00000242. The number of halogens is 1. The van der Waals surface area contributed by atoms with E-state index < -0.39 is 9.84 Å². The molecule has 7 heteroatoms. The van der Waals surface area contributed by atoms with Gasteiger partial charge >= 0.3 is 0 Å². The highest BCUT2D eigenvalue weighted by atomic mass is 35.5. The van der Waals surface area contributed by atoms with Crippen LogP contribution in [0.15, 0.2) is 29.2 Å². The van der Waals surface area contributed by atoms with Crippen LogP contribution in [-0.4, -0.2) is 32.2 Å². The number of carbonyl (C=O) groups excluding carboxylic acids is 1. The van der Waals surface area contributed by atoms with Crippen molar-refractivity contribution in [2.24, 2.45) is 5.73 Å². The van der Waals surface area contributed by atoms with Crippen LogP contribution in [0.25, 0.3) is 0 Å². The number of hydrogen-bond acceptors (Lipinski definition) is 4. The van der Waals surface area contributed by atoms with E-state index >= 15 is 0 Å². The topological polar surface area (TPSA) is 89.3 Å². The predicted molar refractivity (Wildman–Crippen MR) is 89.1 cm³/mol. The fraction of sp³-hybridized carbons (Fsp3) is 0.533. The van der Waals surface area contributed by atoms with Gasteiger partial charge in [-0.25, -0.2) is 8.42 Å². The second-order valence-corrected chi connectivity index (χ2v) is 7.81. The zero-order valence-corrected chi connectivity index (χ0v) is 14.3. The lowest BCUT2D eigenvalue weighted by Crippen LogP contribution is -2.37. The summed E-state index contributed by atoms with van der Waals surface area (Å²) in [5.41, 5.74) is 5.90. The molecule has 1 amide bonds. The molecule has 0 bridgehead atoms. The van der Waals surface area contributed by atoms with E-state index in [1.54, 1.807) is 12.1 Å². The van der Waals surface area contributed by atoms with Crippen molar-refractivity contribution >= 4 is 28.2 Å². The zero-order chi connectivity index (χ0) is 15.5. The third-order valence-electron chi connectivity index (χ3n) is 3.92. The molecule has 1 aliphatic rings. The van der Waals surface area contributed by atoms with Gasteiger partial charge in [-0.2, -0.15) is 0 Å². The standard InChI is InChI=1S/C15H22N2O3S.ClH/c1-11(10-16)17-15(18)12-6-8-14(9-7-12)21(19,20)13-4-2-3-5-13;/h6-9,11,13H,2-5,10,16H2,1H3,(H,17,18);1H/t11-;/m0./s1. The van der Waals surface area contributed by atoms with Crippen molar-refractivity contribution in [1.82, 2.24) is 5.32 Å². The number of rotatable bonds is 5. The Morgan fingerprint density at radius 2 is 1.82 bits per heavy atom. The molecule has 2 rings (SSSR count). The molecule has 0 aromatic heterocycles. The van der Waals surface area contributed by atoms with Gasteiger partial charge in [0.25, 0.3) is 5.91 Å². The van der Waals surface area contributed by atoms with Crippen molar-refractivity contribution in [2.75, 3.05) is 6.54 Å². The molecule has 1 aliphatic carbocycles. The number of carbonyl (C=O) groups is 1. The van der Waals surface area contributed by atoms with E-state index in [2.05, 4.69) is 5.32 Å². The molecule has 3 N–H and O–H groups in total. The SMILES string of the molecule is C[C@@H](CN)NC(=O)c1ccc(S(=O)(=O)C2CCCC2)cc1.Cl. The maximum atomic E-state index is 12.4. The summed E-state index contributed by atoms with van der Waals surface area (Å²) in [6.07, 6.45) is 3.42. The monoisotopic (exact) mass is 346 g/mol. The van der Waals surface area contributed by atoms with Crippen molar-refractivity contribution in [2.45, 2.75) is 48.8 Å². The smallest absolute Gasteiger partial charge is 0.251 e. The molecule has 0 spiro atoms. The molecule has 1 aromatic carbocycles. The van der Waals surface area contributed by atoms with Gasteiger partial charge in [-0.05, 0) is 44.0 Å². The van der Waals surface area contributed by atoms with Gasteiger partial charge in [0, 0.05) is 18.2 Å². The summed E-state index contributed by atoms with van der Waals surface area (Å²) in [6.45, 7) is 2.18. The van der Waals surface area contributed by atoms with Gasteiger partial charge in [0.2, 0.25) is 0 Å². The molecule has 0 unspecified atom stereocenters. The van der Waals surface area contributed by atoms with Crippen LogP contribution in [0.3, 0.4) is 0 Å². The van der Waals surface area contributed by atoms with E-state index in [0.29, 0.717) is 17.0 Å². The van der Waals surface area contributed by atoms with E-state index in [4.69, 9.17) is 5.73 Å². The van der Waals surface area contributed by atoms with Crippen LogP contribution in [-0.2, 0) is 9.84 Å². The summed E-state index contributed by atoms with van der Waals surface area (Å²) in [6, 6.07) is 6.05. The van der Waals surface area contributed by atoms with Crippen molar-refractivity contribution in [3.05, 3.63) is 29.8 Å². The molecule has 0 aliphatic heterocycles. The van der Waals surface area contributed by atoms with Gasteiger partial charge in [0.15, 0.2) is 9.84 Å². The Morgan fingerprint density at radius 3 is 2.32 bits per heavy atom. The Hall–Kier alpha value is -1.11. The zero-order valence-electron chi connectivity index (χ0n) is 12.6. The predicted octanol–water partition coefficient (Wildman–Crippen LogP) is 1.90. The van der Waals surface area contributed by atoms with Crippen LogP contribution in [0.1, 0.15) is 43.0 Å². The van der Waals surface area contributed by atoms with Gasteiger partial charge in [0.1, 0.15) is 0 Å². The maximum absolute atomic E-state index is 12.4. The van der Waals surface area contributed by atoms with Crippen molar-refractivity contribution in [1.29, 1.82) is 0 Å². The van der Waals surface area contributed by atoms with Crippen molar-refractivity contribution in [3.8, 4) is 0 Å². The Bertz CT molecular complexity index is 596. The maximum Gasteiger partial charge on any atom is 0.251 e. The summed E-state index contributed by atoms with van der Waals surface area (Å²) in [4.78, 5) is 12.2. The van der Waals surface area contributed by atoms with Crippen LogP contribution in [0.5, 0.6) is 0 Å². The first-order valence-electron chi connectivity index (χ1n) is 7.30. The fourth-order valence-electron chi connectivity index (χ4n) is 2.55. The van der Waals surface area contributed by atoms with Gasteiger partial charge in [0.05, 0.1) is 10.1 Å². The largest absolute Gasteiger partial charge is 0.348 e. The summed E-state index contributed by atoms with van der Waals surface area (Å²) in [5.74, 6) is -0.238. The molecule has 124 valence electrons. The van der Waals surface area contributed by atoms with E-state index in [1.807, 2.05) is 6.92 Å². The second-order valence-electron chi connectivity index (χ2n) is 5.59. The number of hydrogen-bond donors (Lipinski definition) is 2. The summed E-state index contributed by atoms with van der Waals surface area (Å²) < 4.78 is 24.8. The van der Waals surface area contributed by atoms with E-state index in [-0.39, 0.29) is 29.6 Å². The molecule has 1 fully saturated rings. The van der Waals surface area contributed by atoms with Gasteiger partial charge in [-0.3, -0.25) is 4.79 Å². The van der Waals surface area contributed by atoms with Gasteiger partial charge < -0.3 is 11.1 Å². The summed E-state index contributed by atoms with van der Waals surface area (Å²) in [7, 11) is -3.26. The second kappa shape index (κ2) is 7.94. The van der Waals surface area contributed by atoms with Crippen LogP contribution in [0, 0.1) is 0 Å². The van der Waals surface area contributed by atoms with E-state index in [9.17, 15) is 13.2 Å². The highest BCUT2D eigenvalue weighted by Crippen LogP contribution is 2.29. The van der Waals surface area contributed by atoms with Crippen LogP contribution in [0.2, 0.25) is 0 Å². The normalized spacial score (nSPS) is 16.8. The number of nitrogens with two attached hydrogens (primary N) is 1. The molecule has 1 saturated carbocycles.